The molecule has 0 unspecified atom stereocenters. The number of benzene rings is 1. The first-order valence-corrected chi connectivity index (χ1v) is 6.09. The maximum atomic E-state index is 11.4. The summed E-state index contributed by atoms with van der Waals surface area (Å²) in [4.78, 5) is 22.4. The molecule has 0 saturated carbocycles. The molecule has 1 amide bonds. The van der Waals surface area contributed by atoms with Gasteiger partial charge in [-0.25, -0.2) is 0 Å². The summed E-state index contributed by atoms with van der Waals surface area (Å²) in [5.41, 5.74) is 2.37. The van der Waals surface area contributed by atoms with Crippen molar-refractivity contribution in [2.45, 2.75) is 26.7 Å². The molecular formula is C14H19NO3. The Morgan fingerprint density at radius 2 is 2.11 bits per heavy atom. The summed E-state index contributed by atoms with van der Waals surface area (Å²) in [6, 6.07) is 8.12. The van der Waals surface area contributed by atoms with Crippen LogP contribution in [0.3, 0.4) is 0 Å². The van der Waals surface area contributed by atoms with E-state index < -0.39 is 5.97 Å². The van der Waals surface area contributed by atoms with E-state index in [1.165, 1.54) is 11.1 Å². The predicted molar refractivity (Wildman–Crippen MR) is 69.1 cm³/mol. The van der Waals surface area contributed by atoms with E-state index in [-0.39, 0.29) is 12.3 Å². The number of hydrogen-bond acceptors (Lipinski definition) is 3. The number of esters is 1. The monoisotopic (exact) mass is 249 g/mol. The maximum absolute atomic E-state index is 11.4. The van der Waals surface area contributed by atoms with Crippen LogP contribution in [0, 0.1) is 6.92 Å². The van der Waals surface area contributed by atoms with Crippen molar-refractivity contribution in [2.24, 2.45) is 0 Å². The molecule has 4 nitrogen and oxygen atoms in total. The number of aryl methyl sites for hydroxylation is 1. The SMILES string of the molecule is CCOC(=O)CC(=O)NCCc1cccc(C)c1. The fraction of sp³-hybridized carbons (Fsp3) is 0.429. The zero-order chi connectivity index (χ0) is 13.4. The Labute approximate surface area is 107 Å². The maximum Gasteiger partial charge on any atom is 0.315 e. The average molecular weight is 249 g/mol. The van der Waals surface area contributed by atoms with Crippen molar-refractivity contribution >= 4 is 11.9 Å². The smallest absolute Gasteiger partial charge is 0.315 e. The van der Waals surface area contributed by atoms with Crippen LogP contribution in [-0.2, 0) is 20.7 Å². The van der Waals surface area contributed by atoms with Crippen molar-refractivity contribution in [3.8, 4) is 0 Å². The van der Waals surface area contributed by atoms with Gasteiger partial charge in [-0.3, -0.25) is 9.59 Å². The van der Waals surface area contributed by atoms with Crippen LogP contribution in [0.15, 0.2) is 24.3 Å². The zero-order valence-electron chi connectivity index (χ0n) is 10.9. The average Bonchev–Trinajstić information content (AvgIpc) is 2.29. The van der Waals surface area contributed by atoms with Gasteiger partial charge in [-0.2, -0.15) is 0 Å². The summed E-state index contributed by atoms with van der Waals surface area (Å²) in [6.45, 7) is 4.58. The summed E-state index contributed by atoms with van der Waals surface area (Å²) in [7, 11) is 0. The molecule has 0 bridgehead atoms. The minimum absolute atomic E-state index is 0.207. The summed E-state index contributed by atoms with van der Waals surface area (Å²) >= 11 is 0. The second-order valence-corrected chi connectivity index (χ2v) is 4.07. The summed E-state index contributed by atoms with van der Waals surface area (Å²) < 4.78 is 4.69. The van der Waals surface area contributed by atoms with Gasteiger partial charge in [0.05, 0.1) is 6.61 Å². The van der Waals surface area contributed by atoms with E-state index in [4.69, 9.17) is 4.74 Å². The standard InChI is InChI=1S/C14H19NO3/c1-3-18-14(17)10-13(16)15-8-7-12-6-4-5-11(2)9-12/h4-6,9H,3,7-8,10H2,1-2H3,(H,15,16). The van der Waals surface area contributed by atoms with Gasteiger partial charge in [-0.1, -0.05) is 29.8 Å². The second-order valence-electron chi connectivity index (χ2n) is 4.07. The molecule has 0 aliphatic rings. The lowest BCUT2D eigenvalue weighted by atomic mass is 10.1. The van der Waals surface area contributed by atoms with E-state index in [2.05, 4.69) is 11.4 Å². The molecule has 0 aromatic heterocycles. The quantitative estimate of drug-likeness (QED) is 0.615. The second kappa shape index (κ2) is 7.48. The Morgan fingerprint density at radius 3 is 2.78 bits per heavy atom. The lowest BCUT2D eigenvalue weighted by Crippen LogP contribution is -2.28. The van der Waals surface area contributed by atoms with Gasteiger partial charge >= 0.3 is 5.97 Å². The number of hydrogen-bond donors (Lipinski definition) is 1. The van der Waals surface area contributed by atoms with E-state index >= 15 is 0 Å². The van der Waals surface area contributed by atoms with Crippen LogP contribution in [0.2, 0.25) is 0 Å². The summed E-state index contributed by atoms with van der Waals surface area (Å²) in [5, 5.41) is 2.70. The van der Waals surface area contributed by atoms with E-state index in [0.717, 1.165) is 6.42 Å². The highest BCUT2D eigenvalue weighted by molar-refractivity contribution is 5.94. The minimum Gasteiger partial charge on any atom is -0.466 e. The fourth-order valence-electron chi connectivity index (χ4n) is 1.62. The lowest BCUT2D eigenvalue weighted by molar-refractivity contribution is -0.145. The van der Waals surface area contributed by atoms with Crippen LogP contribution >= 0.6 is 0 Å². The van der Waals surface area contributed by atoms with Crippen LogP contribution in [0.1, 0.15) is 24.5 Å². The summed E-state index contributed by atoms with van der Waals surface area (Å²) in [5.74, 6) is -0.772. The molecular weight excluding hydrogens is 230 g/mol. The predicted octanol–water partition coefficient (Wildman–Crippen LogP) is 1.61. The van der Waals surface area contributed by atoms with Gasteiger partial charge in [-0.15, -0.1) is 0 Å². The Bertz CT molecular complexity index is 415. The van der Waals surface area contributed by atoms with E-state index in [1.54, 1.807) is 6.92 Å². The van der Waals surface area contributed by atoms with Crippen LogP contribution < -0.4 is 5.32 Å². The Hall–Kier alpha value is -1.84. The van der Waals surface area contributed by atoms with Crippen molar-refractivity contribution in [2.75, 3.05) is 13.2 Å². The third-order valence-electron chi connectivity index (χ3n) is 2.43. The Balaban J connectivity index is 2.25. The van der Waals surface area contributed by atoms with Crippen molar-refractivity contribution < 1.29 is 14.3 Å². The number of carbonyl (C=O) groups excluding carboxylic acids is 2. The van der Waals surface area contributed by atoms with Gasteiger partial charge in [0.2, 0.25) is 5.91 Å². The Kier molecular flexibility index (Phi) is 5.91. The molecule has 0 spiro atoms. The largest absolute Gasteiger partial charge is 0.466 e. The van der Waals surface area contributed by atoms with Crippen molar-refractivity contribution in [1.29, 1.82) is 0 Å². The first-order chi connectivity index (χ1) is 8.61. The zero-order valence-corrected chi connectivity index (χ0v) is 10.9. The number of carbonyl (C=O) groups is 2. The van der Waals surface area contributed by atoms with Crippen LogP contribution in [-0.4, -0.2) is 25.0 Å². The van der Waals surface area contributed by atoms with Gasteiger partial charge in [0.15, 0.2) is 0 Å². The van der Waals surface area contributed by atoms with E-state index in [9.17, 15) is 9.59 Å². The van der Waals surface area contributed by atoms with E-state index in [0.29, 0.717) is 13.2 Å². The van der Waals surface area contributed by atoms with Crippen LogP contribution in [0.5, 0.6) is 0 Å². The molecule has 0 radical (unpaired) electrons. The highest BCUT2D eigenvalue weighted by Crippen LogP contribution is 2.03. The van der Waals surface area contributed by atoms with Crippen molar-refractivity contribution in [3.05, 3.63) is 35.4 Å². The molecule has 1 aromatic carbocycles. The highest BCUT2D eigenvalue weighted by Gasteiger charge is 2.09. The molecule has 0 heterocycles. The van der Waals surface area contributed by atoms with Gasteiger partial charge in [0.25, 0.3) is 0 Å². The van der Waals surface area contributed by atoms with Crippen LogP contribution in [0.25, 0.3) is 0 Å². The third-order valence-corrected chi connectivity index (χ3v) is 2.43. The molecule has 4 heteroatoms. The first-order valence-electron chi connectivity index (χ1n) is 6.09. The minimum atomic E-state index is -0.481. The third kappa shape index (κ3) is 5.48. The number of amides is 1. The molecule has 0 saturated heterocycles. The van der Waals surface area contributed by atoms with E-state index in [1.807, 2.05) is 25.1 Å². The van der Waals surface area contributed by atoms with Crippen molar-refractivity contribution in [1.82, 2.24) is 5.32 Å². The molecule has 98 valence electrons. The molecule has 1 aromatic rings. The van der Waals surface area contributed by atoms with Gasteiger partial charge in [-0.05, 0) is 25.8 Å². The van der Waals surface area contributed by atoms with Gasteiger partial charge < -0.3 is 10.1 Å². The summed E-state index contributed by atoms with van der Waals surface area (Å²) in [6.07, 6.45) is 0.553. The molecule has 18 heavy (non-hydrogen) atoms. The lowest BCUT2D eigenvalue weighted by Gasteiger charge is -2.05. The molecule has 0 fully saturated rings. The molecule has 0 aliphatic carbocycles. The molecule has 0 aliphatic heterocycles. The normalized spacial score (nSPS) is 9.89. The van der Waals surface area contributed by atoms with Gasteiger partial charge in [0, 0.05) is 6.54 Å². The fourth-order valence-corrected chi connectivity index (χ4v) is 1.62. The Morgan fingerprint density at radius 1 is 1.33 bits per heavy atom. The van der Waals surface area contributed by atoms with Crippen molar-refractivity contribution in [3.63, 3.8) is 0 Å². The van der Waals surface area contributed by atoms with Gasteiger partial charge in [0.1, 0.15) is 6.42 Å². The molecule has 0 atom stereocenters. The number of nitrogens with one attached hydrogen (secondary N) is 1. The highest BCUT2D eigenvalue weighted by atomic mass is 16.5. The topological polar surface area (TPSA) is 55.4 Å². The number of ether oxygens (including phenoxy) is 1. The molecule has 1 rings (SSSR count). The molecule has 1 N–H and O–H groups in total. The first kappa shape index (κ1) is 14.2. The number of rotatable bonds is 6. The van der Waals surface area contributed by atoms with Crippen LogP contribution in [0.4, 0.5) is 0 Å².